The van der Waals surface area contributed by atoms with Gasteiger partial charge in [-0.05, 0) is 18.2 Å². The summed E-state index contributed by atoms with van der Waals surface area (Å²) in [7, 11) is 3.46. The van der Waals surface area contributed by atoms with Crippen LogP contribution in [0, 0.1) is 5.92 Å². The number of Topliss-reactive ketones (excluding diaryl/α,β-unsaturated/α-hetero) is 2. The van der Waals surface area contributed by atoms with Crippen LogP contribution in [0.2, 0.25) is 0 Å². The number of aromatic nitrogens is 1. The number of carbonyl (C=O) groups excluding carboxylic acids is 3. The Balaban J connectivity index is 1.99. The van der Waals surface area contributed by atoms with Gasteiger partial charge in [0.1, 0.15) is 5.92 Å². The molecule has 1 unspecified atom stereocenters. The summed E-state index contributed by atoms with van der Waals surface area (Å²) in [5.41, 5.74) is 2.34. The Labute approximate surface area is 157 Å². The Morgan fingerprint density at radius 1 is 1.30 bits per heavy atom. The highest BCUT2D eigenvalue weighted by Gasteiger charge is 2.44. The van der Waals surface area contributed by atoms with E-state index in [0.717, 1.165) is 0 Å². The second-order valence-electron chi connectivity index (χ2n) is 6.54. The van der Waals surface area contributed by atoms with Crippen molar-refractivity contribution in [3.05, 3.63) is 65.2 Å². The summed E-state index contributed by atoms with van der Waals surface area (Å²) in [6.07, 6.45) is 8.41. The Morgan fingerprint density at radius 3 is 2.70 bits per heavy atom. The third-order valence-electron chi connectivity index (χ3n) is 4.21. The minimum Gasteiger partial charge on any atom is -0.330 e. The van der Waals surface area contributed by atoms with Crippen LogP contribution in [0.1, 0.15) is 18.9 Å². The first-order chi connectivity index (χ1) is 12.9. The van der Waals surface area contributed by atoms with E-state index in [9.17, 15) is 14.4 Å². The fourth-order valence-electron chi connectivity index (χ4n) is 3.18. The van der Waals surface area contributed by atoms with Gasteiger partial charge in [-0.15, -0.1) is 0 Å². The molecule has 1 atom stereocenters. The molecule has 0 radical (unpaired) electrons. The highest BCUT2D eigenvalue weighted by atomic mass is 16.2. The van der Waals surface area contributed by atoms with E-state index >= 15 is 0 Å². The molecule has 0 aromatic carbocycles. The summed E-state index contributed by atoms with van der Waals surface area (Å²) < 4.78 is 0. The van der Waals surface area contributed by atoms with Crippen LogP contribution in [0.15, 0.2) is 64.7 Å². The van der Waals surface area contributed by atoms with Gasteiger partial charge in [0.05, 0.1) is 5.71 Å². The number of rotatable bonds is 4. The lowest BCUT2D eigenvalue weighted by Gasteiger charge is -2.16. The van der Waals surface area contributed by atoms with Gasteiger partial charge in [0, 0.05) is 62.2 Å². The molecule has 27 heavy (non-hydrogen) atoms. The van der Waals surface area contributed by atoms with Gasteiger partial charge in [0.2, 0.25) is 5.91 Å². The standard InChI is InChI=1S/C20H20N4O3/c1-12(25)22-14-7-4-8-15-16(10-14)20(27)17(19(15)26)18(23-24(2)3)13-6-5-9-21-11-13/h4-9,11,17H,10H2,1-3H3,(H,22,25)/b23-18+. The summed E-state index contributed by atoms with van der Waals surface area (Å²) >= 11 is 0. The maximum Gasteiger partial charge on any atom is 0.221 e. The van der Waals surface area contributed by atoms with Crippen LogP contribution in [-0.2, 0) is 14.4 Å². The fourth-order valence-corrected chi connectivity index (χ4v) is 3.18. The van der Waals surface area contributed by atoms with Gasteiger partial charge in [-0.3, -0.25) is 19.4 Å². The maximum absolute atomic E-state index is 13.2. The Morgan fingerprint density at radius 2 is 2.07 bits per heavy atom. The molecule has 1 N–H and O–H groups in total. The van der Waals surface area contributed by atoms with E-state index in [0.29, 0.717) is 28.1 Å². The van der Waals surface area contributed by atoms with Gasteiger partial charge in [-0.1, -0.05) is 12.2 Å². The predicted molar refractivity (Wildman–Crippen MR) is 101 cm³/mol. The van der Waals surface area contributed by atoms with Crippen molar-refractivity contribution in [3.63, 3.8) is 0 Å². The third kappa shape index (κ3) is 3.76. The number of hydrogen-bond donors (Lipinski definition) is 1. The van der Waals surface area contributed by atoms with Crippen molar-refractivity contribution in [3.8, 4) is 0 Å². The molecular weight excluding hydrogens is 344 g/mol. The second-order valence-corrected chi connectivity index (χ2v) is 6.54. The van der Waals surface area contributed by atoms with Gasteiger partial charge in [-0.25, -0.2) is 0 Å². The Hall–Kier alpha value is -3.35. The average molecular weight is 364 g/mol. The van der Waals surface area contributed by atoms with E-state index in [1.54, 1.807) is 61.9 Å². The zero-order chi connectivity index (χ0) is 19.6. The highest BCUT2D eigenvalue weighted by Crippen LogP contribution is 2.33. The number of ketones is 2. The molecular formula is C20H20N4O3. The van der Waals surface area contributed by atoms with Crippen molar-refractivity contribution in [2.24, 2.45) is 11.0 Å². The molecule has 1 aromatic heterocycles. The number of nitrogens with zero attached hydrogens (tertiary/aromatic N) is 3. The molecule has 1 amide bonds. The molecule has 1 aromatic rings. The van der Waals surface area contributed by atoms with Crippen molar-refractivity contribution in [1.29, 1.82) is 0 Å². The molecule has 1 heterocycles. The quantitative estimate of drug-likeness (QED) is 0.495. The number of hydrogen-bond acceptors (Lipinski definition) is 6. The van der Waals surface area contributed by atoms with Gasteiger partial charge < -0.3 is 10.3 Å². The predicted octanol–water partition coefficient (Wildman–Crippen LogP) is 1.39. The number of pyridine rings is 1. The lowest BCUT2D eigenvalue weighted by atomic mass is 9.91. The largest absolute Gasteiger partial charge is 0.330 e. The molecule has 0 saturated heterocycles. The summed E-state index contributed by atoms with van der Waals surface area (Å²) in [6, 6.07) is 3.51. The van der Waals surface area contributed by atoms with E-state index in [-0.39, 0.29) is 23.9 Å². The van der Waals surface area contributed by atoms with E-state index in [4.69, 9.17) is 0 Å². The van der Waals surface area contributed by atoms with Crippen molar-refractivity contribution >= 4 is 23.2 Å². The number of hydrazone groups is 1. The first-order valence-corrected chi connectivity index (χ1v) is 8.51. The normalized spacial score (nSPS) is 19.6. The maximum atomic E-state index is 13.2. The van der Waals surface area contributed by atoms with E-state index < -0.39 is 5.92 Å². The highest BCUT2D eigenvalue weighted by molar-refractivity contribution is 6.38. The summed E-state index contributed by atoms with van der Waals surface area (Å²) in [5.74, 6) is -1.81. The van der Waals surface area contributed by atoms with Crippen LogP contribution < -0.4 is 5.32 Å². The van der Waals surface area contributed by atoms with Crippen LogP contribution in [0.4, 0.5) is 0 Å². The van der Waals surface area contributed by atoms with Crippen molar-refractivity contribution in [1.82, 2.24) is 15.3 Å². The number of allylic oxidation sites excluding steroid dienone is 5. The second kappa shape index (κ2) is 7.49. The van der Waals surface area contributed by atoms with Crippen LogP contribution in [0.5, 0.6) is 0 Å². The Kier molecular flexibility index (Phi) is 5.12. The van der Waals surface area contributed by atoms with Crippen LogP contribution >= 0.6 is 0 Å². The van der Waals surface area contributed by atoms with Gasteiger partial charge in [0.25, 0.3) is 0 Å². The number of carbonyl (C=O) groups is 3. The molecule has 0 bridgehead atoms. The van der Waals surface area contributed by atoms with Crippen LogP contribution in [0.3, 0.4) is 0 Å². The van der Waals surface area contributed by atoms with Gasteiger partial charge in [0.15, 0.2) is 11.6 Å². The van der Waals surface area contributed by atoms with Crippen molar-refractivity contribution < 1.29 is 14.4 Å². The lowest BCUT2D eigenvalue weighted by Crippen LogP contribution is -2.30. The molecule has 2 aliphatic rings. The van der Waals surface area contributed by atoms with Gasteiger partial charge >= 0.3 is 0 Å². The average Bonchev–Trinajstić information content (AvgIpc) is 2.77. The Bertz CT molecular complexity index is 924. The third-order valence-corrected chi connectivity index (χ3v) is 4.21. The SMILES string of the molecule is CC(=O)NC1=CC=CC2=C(C1)C(=O)C(/C(=N/N(C)C)c1cccnc1)C2=O. The molecule has 2 aliphatic carbocycles. The summed E-state index contributed by atoms with van der Waals surface area (Å²) in [6.45, 7) is 1.40. The zero-order valence-electron chi connectivity index (χ0n) is 15.4. The minimum atomic E-state index is -1.01. The fraction of sp³-hybridized carbons (Fsp3) is 0.250. The van der Waals surface area contributed by atoms with Crippen molar-refractivity contribution in [2.45, 2.75) is 13.3 Å². The zero-order valence-corrected chi connectivity index (χ0v) is 15.4. The molecule has 0 saturated carbocycles. The monoisotopic (exact) mass is 364 g/mol. The first-order valence-electron chi connectivity index (χ1n) is 8.51. The number of amides is 1. The first kappa shape index (κ1) is 18.4. The minimum absolute atomic E-state index is 0.200. The number of nitrogens with one attached hydrogen (secondary N) is 1. The van der Waals surface area contributed by atoms with E-state index in [1.165, 1.54) is 6.92 Å². The van der Waals surface area contributed by atoms with Crippen LogP contribution in [-0.4, -0.2) is 47.3 Å². The van der Waals surface area contributed by atoms with Crippen molar-refractivity contribution in [2.75, 3.05) is 14.1 Å². The van der Waals surface area contributed by atoms with Gasteiger partial charge in [-0.2, -0.15) is 5.10 Å². The smallest absolute Gasteiger partial charge is 0.221 e. The van der Waals surface area contributed by atoms with E-state index in [2.05, 4.69) is 15.4 Å². The molecule has 3 rings (SSSR count). The molecule has 0 spiro atoms. The molecule has 7 nitrogen and oxygen atoms in total. The summed E-state index contributed by atoms with van der Waals surface area (Å²) in [4.78, 5) is 41.7. The summed E-state index contributed by atoms with van der Waals surface area (Å²) in [5, 5.41) is 8.67. The topological polar surface area (TPSA) is 91.7 Å². The van der Waals surface area contributed by atoms with E-state index in [1.807, 2.05) is 0 Å². The van der Waals surface area contributed by atoms with Crippen LogP contribution in [0.25, 0.3) is 0 Å². The lowest BCUT2D eigenvalue weighted by molar-refractivity contribution is -0.124. The molecule has 138 valence electrons. The molecule has 7 heteroatoms. The molecule has 0 aliphatic heterocycles. The molecule has 0 fully saturated rings.